The van der Waals surface area contributed by atoms with Crippen LogP contribution in [0.4, 0.5) is 4.39 Å². The third-order valence-electron chi connectivity index (χ3n) is 4.71. The maximum absolute atomic E-state index is 13.5. The first-order valence-electron chi connectivity index (χ1n) is 8.09. The van der Waals surface area contributed by atoms with E-state index in [0.717, 1.165) is 36.6 Å². The number of aryl methyl sites for hydroxylation is 1. The average Bonchev–Trinajstić information content (AvgIpc) is 3.31. The van der Waals surface area contributed by atoms with Crippen molar-refractivity contribution in [2.24, 2.45) is 12.0 Å². The Bertz CT molecular complexity index is 753. The van der Waals surface area contributed by atoms with Gasteiger partial charge in [-0.05, 0) is 37.5 Å². The first-order valence-corrected chi connectivity index (χ1v) is 8.09. The fourth-order valence-corrected chi connectivity index (χ4v) is 2.78. The number of hydrogen-bond acceptors (Lipinski definition) is 3. The number of benzene rings is 1. The zero-order chi connectivity index (χ0) is 17.2. The Morgan fingerprint density at radius 1 is 1.32 bits per heavy atom. The number of hydrogen-bond donors (Lipinski definition) is 2. The molecule has 8 heteroatoms. The average molecular weight is 458 g/mol. The highest BCUT2D eigenvalue weighted by Crippen LogP contribution is 2.47. The summed E-state index contributed by atoms with van der Waals surface area (Å²) in [5, 5.41) is 14.8. The summed E-state index contributed by atoms with van der Waals surface area (Å²) in [6.45, 7) is 3.19. The van der Waals surface area contributed by atoms with Crippen LogP contribution in [0.2, 0.25) is 0 Å². The maximum atomic E-state index is 13.5. The van der Waals surface area contributed by atoms with Gasteiger partial charge in [0.15, 0.2) is 11.8 Å². The number of aliphatic imine (C=N–C) groups is 1. The van der Waals surface area contributed by atoms with E-state index in [1.54, 1.807) is 19.2 Å². The fraction of sp³-hybridized carbons (Fsp3) is 0.471. The Morgan fingerprint density at radius 3 is 2.64 bits per heavy atom. The molecule has 1 saturated carbocycles. The lowest BCUT2D eigenvalue weighted by Crippen LogP contribution is -2.41. The van der Waals surface area contributed by atoms with Gasteiger partial charge in [-0.3, -0.25) is 4.99 Å². The van der Waals surface area contributed by atoms with Gasteiger partial charge in [0.05, 0.1) is 6.54 Å². The monoisotopic (exact) mass is 458 g/mol. The standard InChI is InChI=1S/C17H23FN6.HI/c1-12-22-23-15(24(12)3)10-20-16(19-2)21-11-17(7-8-17)13-5-4-6-14(18)9-13;/h4-6,9H,7-8,10-11H2,1-3H3,(H2,19,20,21);1H. The van der Waals surface area contributed by atoms with E-state index in [1.165, 1.54) is 6.07 Å². The molecule has 136 valence electrons. The molecule has 0 atom stereocenters. The van der Waals surface area contributed by atoms with Gasteiger partial charge >= 0.3 is 0 Å². The van der Waals surface area contributed by atoms with Crippen LogP contribution in [0, 0.1) is 12.7 Å². The minimum atomic E-state index is -0.182. The first kappa shape index (κ1) is 19.6. The van der Waals surface area contributed by atoms with Gasteiger partial charge in [0, 0.05) is 26.1 Å². The number of guanidine groups is 1. The van der Waals surface area contributed by atoms with Crippen LogP contribution in [0.3, 0.4) is 0 Å². The lowest BCUT2D eigenvalue weighted by atomic mass is 9.96. The van der Waals surface area contributed by atoms with Gasteiger partial charge in [-0.25, -0.2) is 4.39 Å². The van der Waals surface area contributed by atoms with Crippen LogP contribution in [0.5, 0.6) is 0 Å². The summed E-state index contributed by atoms with van der Waals surface area (Å²) in [5.41, 5.74) is 1.07. The predicted molar refractivity (Wildman–Crippen MR) is 107 cm³/mol. The number of rotatable bonds is 5. The second-order valence-electron chi connectivity index (χ2n) is 6.29. The van der Waals surface area contributed by atoms with Crippen molar-refractivity contribution in [3.8, 4) is 0 Å². The largest absolute Gasteiger partial charge is 0.356 e. The molecule has 25 heavy (non-hydrogen) atoms. The molecule has 1 aliphatic rings. The Hall–Kier alpha value is -1.71. The summed E-state index contributed by atoms with van der Waals surface area (Å²) in [6.07, 6.45) is 2.12. The normalized spacial score (nSPS) is 15.4. The molecule has 1 heterocycles. The van der Waals surface area contributed by atoms with Crippen molar-refractivity contribution in [2.75, 3.05) is 13.6 Å². The van der Waals surface area contributed by atoms with Crippen LogP contribution >= 0.6 is 24.0 Å². The van der Waals surface area contributed by atoms with Gasteiger partial charge in [0.25, 0.3) is 0 Å². The van der Waals surface area contributed by atoms with Crippen LogP contribution in [-0.2, 0) is 19.0 Å². The van der Waals surface area contributed by atoms with Crippen molar-refractivity contribution < 1.29 is 4.39 Å². The molecule has 2 N–H and O–H groups in total. The van der Waals surface area contributed by atoms with Crippen LogP contribution < -0.4 is 10.6 Å². The molecule has 0 saturated heterocycles. The molecule has 0 radical (unpaired) electrons. The van der Waals surface area contributed by atoms with Crippen LogP contribution in [-0.4, -0.2) is 34.3 Å². The summed E-state index contributed by atoms with van der Waals surface area (Å²) in [4.78, 5) is 4.24. The number of nitrogens with one attached hydrogen (secondary N) is 2. The molecule has 0 unspecified atom stereocenters. The number of nitrogens with zero attached hydrogens (tertiary/aromatic N) is 4. The van der Waals surface area contributed by atoms with Gasteiger partial charge in [-0.1, -0.05) is 12.1 Å². The van der Waals surface area contributed by atoms with Crippen molar-refractivity contribution in [1.82, 2.24) is 25.4 Å². The predicted octanol–water partition coefficient (Wildman–Crippen LogP) is 2.28. The quantitative estimate of drug-likeness (QED) is 0.410. The zero-order valence-electron chi connectivity index (χ0n) is 14.7. The third kappa shape index (κ3) is 4.47. The van der Waals surface area contributed by atoms with E-state index < -0.39 is 0 Å². The zero-order valence-corrected chi connectivity index (χ0v) is 17.0. The van der Waals surface area contributed by atoms with E-state index in [-0.39, 0.29) is 35.2 Å². The van der Waals surface area contributed by atoms with Crippen molar-refractivity contribution in [3.05, 3.63) is 47.3 Å². The topological polar surface area (TPSA) is 67.1 Å². The molecule has 6 nitrogen and oxygen atoms in total. The van der Waals surface area contributed by atoms with Gasteiger partial charge in [-0.2, -0.15) is 0 Å². The van der Waals surface area contributed by atoms with Crippen LogP contribution in [0.25, 0.3) is 0 Å². The summed E-state index contributed by atoms with van der Waals surface area (Å²) in [5.74, 6) is 2.25. The lowest BCUT2D eigenvalue weighted by molar-refractivity contribution is 0.606. The molecule has 3 rings (SSSR count). The maximum Gasteiger partial charge on any atom is 0.191 e. The Kier molecular flexibility index (Phi) is 6.36. The molecule has 1 aliphatic carbocycles. The summed E-state index contributed by atoms with van der Waals surface area (Å²) in [6, 6.07) is 6.88. The van der Waals surface area contributed by atoms with Gasteiger partial charge < -0.3 is 15.2 Å². The smallest absolute Gasteiger partial charge is 0.191 e. The molecule has 2 aromatic rings. The second kappa shape index (κ2) is 8.11. The minimum Gasteiger partial charge on any atom is -0.356 e. The van der Waals surface area contributed by atoms with Gasteiger partial charge in [0.1, 0.15) is 11.6 Å². The second-order valence-corrected chi connectivity index (χ2v) is 6.29. The van der Waals surface area contributed by atoms with E-state index >= 15 is 0 Å². The lowest BCUT2D eigenvalue weighted by Gasteiger charge is -2.19. The number of aromatic nitrogens is 3. The molecule has 1 aromatic carbocycles. The van der Waals surface area contributed by atoms with Crippen molar-refractivity contribution in [2.45, 2.75) is 31.7 Å². The molecule has 1 aromatic heterocycles. The van der Waals surface area contributed by atoms with Crippen LogP contribution in [0.1, 0.15) is 30.1 Å². The van der Waals surface area contributed by atoms with E-state index in [1.807, 2.05) is 24.6 Å². The summed E-state index contributed by atoms with van der Waals surface area (Å²) >= 11 is 0. The first-order chi connectivity index (χ1) is 11.5. The molecule has 0 spiro atoms. The number of halogens is 2. The van der Waals surface area contributed by atoms with Crippen molar-refractivity contribution in [1.29, 1.82) is 0 Å². The Balaban J connectivity index is 0.00000225. The highest BCUT2D eigenvalue weighted by atomic mass is 127. The fourth-order valence-electron chi connectivity index (χ4n) is 2.78. The van der Waals surface area contributed by atoms with E-state index in [4.69, 9.17) is 0 Å². The Labute approximate surface area is 164 Å². The van der Waals surface area contributed by atoms with Crippen molar-refractivity contribution >= 4 is 29.9 Å². The van der Waals surface area contributed by atoms with Crippen LogP contribution in [0.15, 0.2) is 29.3 Å². The van der Waals surface area contributed by atoms with E-state index in [2.05, 4.69) is 25.8 Å². The molecular weight excluding hydrogens is 434 g/mol. The van der Waals surface area contributed by atoms with E-state index in [0.29, 0.717) is 12.5 Å². The summed E-state index contributed by atoms with van der Waals surface area (Å²) in [7, 11) is 3.67. The van der Waals surface area contributed by atoms with Gasteiger partial charge in [-0.15, -0.1) is 34.2 Å². The van der Waals surface area contributed by atoms with E-state index in [9.17, 15) is 4.39 Å². The molecule has 0 aliphatic heterocycles. The van der Waals surface area contributed by atoms with Crippen molar-refractivity contribution in [3.63, 3.8) is 0 Å². The molecule has 0 bridgehead atoms. The molecule has 1 fully saturated rings. The highest BCUT2D eigenvalue weighted by Gasteiger charge is 2.44. The molecular formula is C17H24FIN6. The summed E-state index contributed by atoms with van der Waals surface area (Å²) < 4.78 is 15.4. The molecule has 0 amide bonds. The van der Waals surface area contributed by atoms with Gasteiger partial charge in [0.2, 0.25) is 0 Å². The Morgan fingerprint density at radius 2 is 2.08 bits per heavy atom. The SMILES string of the molecule is CN=C(NCc1nnc(C)n1C)NCC1(c2cccc(F)c2)CC1.I. The highest BCUT2D eigenvalue weighted by molar-refractivity contribution is 14.0. The third-order valence-corrected chi connectivity index (χ3v) is 4.71. The minimum absolute atomic E-state index is 0.